The van der Waals surface area contributed by atoms with E-state index in [0.717, 1.165) is 55.0 Å². The Hall–Kier alpha value is -2.37. The van der Waals surface area contributed by atoms with Gasteiger partial charge in [0.15, 0.2) is 5.82 Å². The van der Waals surface area contributed by atoms with Gasteiger partial charge >= 0.3 is 0 Å². The van der Waals surface area contributed by atoms with E-state index in [1.54, 1.807) is 13.0 Å². The van der Waals surface area contributed by atoms with Crippen LogP contribution in [0.15, 0.2) is 18.2 Å². The highest BCUT2D eigenvalue weighted by molar-refractivity contribution is 5.75. The summed E-state index contributed by atoms with van der Waals surface area (Å²) >= 11 is 0. The van der Waals surface area contributed by atoms with Gasteiger partial charge in [0.1, 0.15) is 5.82 Å². The number of anilines is 2. The standard InChI is InChI=1S/C20H25FN4O/c1-13(2)25-19-8-10-23(14(3)26)12-17(19)20(22-25)24-9-4-5-15-11-16(21)6-7-18(15)24/h6-7,11,13H,4-5,8-10,12H2,1-3H3. The van der Waals surface area contributed by atoms with Crippen LogP contribution in [0.5, 0.6) is 0 Å². The van der Waals surface area contributed by atoms with Crippen molar-refractivity contribution in [3.8, 4) is 0 Å². The molecule has 26 heavy (non-hydrogen) atoms. The highest BCUT2D eigenvalue weighted by Crippen LogP contribution is 2.38. The Bertz CT molecular complexity index is 858. The molecule has 0 bridgehead atoms. The van der Waals surface area contributed by atoms with Gasteiger partial charge in [0.25, 0.3) is 0 Å². The van der Waals surface area contributed by atoms with Crippen molar-refractivity contribution in [3.05, 3.63) is 40.8 Å². The molecule has 1 amide bonds. The number of benzene rings is 1. The Morgan fingerprint density at radius 3 is 2.77 bits per heavy atom. The van der Waals surface area contributed by atoms with Crippen molar-refractivity contribution in [1.82, 2.24) is 14.7 Å². The molecule has 0 saturated carbocycles. The normalized spacial score (nSPS) is 16.7. The van der Waals surface area contributed by atoms with Crippen molar-refractivity contribution in [1.29, 1.82) is 0 Å². The number of aryl methyl sites for hydroxylation is 1. The van der Waals surface area contributed by atoms with E-state index in [0.29, 0.717) is 6.54 Å². The van der Waals surface area contributed by atoms with Gasteiger partial charge < -0.3 is 9.80 Å². The molecule has 0 fully saturated rings. The predicted octanol–water partition coefficient (Wildman–Crippen LogP) is 3.59. The highest BCUT2D eigenvalue weighted by atomic mass is 19.1. The minimum absolute atomic E-state index is 0.0972. The third kappa shape index (κ3) is 2.77. The van der Waals surface area contributed by atoms with Crippen molar-refractivity contribution >= 4 is 17.4 Å². The molecule has 2 aliphatic rings. The van der Waals surface area contributed by atoms with Gasteiger partial charge in [0.2, 0.25) is 5.91 Å². The van der Waals surface area contributed by atoms with Crippen LogP contribution in [0, 0.1) is 5.82 Å². The van der Waals surface area contributed by atoms with Crippen molar-refractivity contribution in [2.75, 3.05) is 18.0 Å². The number of halogens is 1. The van der Waals surface area contributed by atoms with Crippen LogP contribution in [0.1, 0.15) is 50.1 Å². The number of hydrogen-bond donors (Lipinski definition) is 0. The first-order chi connectivity index (χ1) is 12.5. The zero-order valence-corrected chi connectivity index (χ0v) is 15.6. The number of carbonyl (C=O) groups is 1. The maximum atomic E-state index is 13.7. The van der Waals surface area contributed by atoms with Crippen molar-refractivity contribution in [2.24, 2.45) is 0 Å². The summed E-state index contributed by atoms with van der Waals surface area (Å²) in [6, 6.07) is 5.27. The second-order valence-electron chi connectivity index (χ2n) is 7.51. The summed E-state index contributed by atoms with van der Waals surface area (Å²) in [5, 5.41) is 4.94. The second kappa shape index (κ2) is 6.41. The lowest BCUT2D eigenvalue weighted by molar-refractivity contribution is -0.129. The maximum absolute atomic E-state index is 13.7. The molecule has 0 atom stereocenters. The van der Waals surface area contributed by atoms with Crippen LogP contribution in [0.3, 0.4) is 0 Å². The summed E-state index contributed by atoms with van der Waals surface area (Å²) < 4.78 is 15.8. The Labute approximate surface area is 153 Å². The summed E-state index contributed by atoms with van der Waals surface area (Å²) in [5.41, 5.74) is 4.43. The smallest absolute Gasteiger partial charge is 0.219 e. The summed E-state index contributed by atoms with van der Waals surface area (Å²) in [6.45, 7) is 8.08. The fourth-order valence-corrected chi connectivity index (χ4v) is 4.13. The van der Waals surface area contributed by atoms with Gasteiger partial charge in [-0.2, -0.15) is 5.10 Å². The van der Waals surface area contributed by atoms with Gasteiger partial charge in [0, 0.05) is 49.4 Å². The topological polar surface area (TPSA) is 41.4 Å². The molecular formula is C20H25FN4O. The van der Waals surface area contributed by atoms with Crippen LogP contribution in [-0.2, 0) is 24.2 Å². The van der Waals surface area contributed by atoms with E-state index >= 15 is 0 Å². The minimum atomic E-state index is -0.192. The molecule has 1 aromatic heterocycles. The fourth-order valence-electron chi connectivity index (χ4n) is 4.13. The maximum Gasteiger partial charge on any atom is 0.219 e. The van der Waals surface area contributed by atoms with E-state index in [1.807, 2.05) is 11.0 Å². The van der Waals surface area contributed by atoms with Crippen LogP contribution in [-0.4, -0.2) is 33.7 Å². The quantitative estimate of drug-likeness (QED) is 0.826. The highest BCUT2D eigenvalue weighted by Gasteiger charge is 2.31. The average molecular weight is 356 g/mol. The zero-order valence-electron chi connectivity index (χ0n) is 15.6. The number of fused-ring (bicyclic) bond motifs is 2. The fraction of sp³-hybridized carbons (Fsp3) is 0.500. The van der Waals surface area contributed by atoms with Gasteiger partial charge in [-0.1, -0.05) is 0 Å². The first-order valence-electron chi connectivity index (χ1n) is 9.37. The largest absolute Gasteiger partial charge is 0.338 e. The zero-order chi connectivity index (χ0) is 18.4. The summed E-state index contributed by atoms with van der Waals surface area (Å²) in [4.78, 5) is 16.0. The van der Waals surface area contributed by atoms with Crippen LogP contribution in [0.4, 0.5) is 15.9 Å². The lowest BCUT2D eigenvalue weighted by atomic mass is 10.00. The van der Waals surface area contributed by atoms with E-state index < -0.39 is 0 Å². The number of carbonyl (C=O) groups excluding carboxylic acids is 1. The molecule has 2 aliphatic heterocycles. The van der Waals surface area contributed by atoms with Crippen LogP contribution >= 0.6 is 0 Å². The van der Waals surface area contributed by atoms with Crippen LogP contribution in [0.2, 0.25) is 0 Å². The number of rotatable bonds is 2. The number of nitrogens with zero attached hydrogens (tertiary/aromatic N) is 4. The second-order valence-corrected chi connectivity index (χ2v) is 7.51. The molecule has 0 saturated heterocycles. The van der Waals surface area contributed by atoms with Crippen LogP contribution < -0.4 is 4.90 Å². The van der Waals surface area contributed by atoms with Crippen molar-refractivity contribution in [2.45, 2.75) is 52.6 Å². The molecule has 3 heterocycles. The Morgan fingerprint density at radius 2 is 2.04 bits per heavy atom. The molecular weight excluding hydrogens is 331 g/mol. The molecule has 2 aromatic rings. The van der Waals surface area contributed by atoms with E-state index in [-0.39, 0.29) is 17.8 Å². The number of aromatic nitrogens is 2. The van der Waals surface area contributed by atoms with Gasteiger partial charge in [-0.3, -0.25) is 9.48 Å². The Balaban J connectivity index is 1.82. The molecule has 1 aromatic carbocycles. The lowest BCUT2D eigenvalue weighted by Gasteiger charge is -2.32. The Morgan fingerprint density at radius 1 is 1.23 bits per heavy atom. The SMILES string of the molecule is CC(=O)N1CCc2c(c(N3CCCc4cc(F)ccc43)nn2C(C)C)C1. The van der Waals surface area contributed by atoms with Gasteiger partial charge in [-0.15, -0.1) is 0 Å². The predicted molar refractivity (Wildman–Crippen MR) is 99.1 cm³/mol. The third-order valence-corrected chi connectivity index (χ3v) is 5.42. The third-order valence-electron chi connectivity index (χ3n) is 5.42. The molecule has 5 nitrogen and oxygen atoms in total. The average Bonchev–Trinajstić information content (AvgIpc) is 2.99. The van der Waals surface area contributed by atoms with E-state index in [1.165, 1.54) is 11.8 Å². The first kappa shape index (κ1) is 17.1. The van der Waals surface area contributed by atoms with E-state index in [4.69, 9.17) is 5.10 Å². The van der Waals surface area contributed by atoms with Gasteiger partial charge in [-0.05, 0) is 50.5 Å². The molecule has 0 unspecified atom stereocenters. The minimum Gasteiger partial charge on any atom is -0.338 e. The molecule has 0 spiro atoms. The van der Waals surface area contributed by atoms with Crippen LogP contribution in [0.25, 0.3) is 0 Å². The summed E-state index contributed by atoms with van der Waals surface area (Å²) in [5.74, 6) is 0.829. The van der Waals surface area contributed by atoms with Gasteiger partial charge in [0.05, 0.1) is 6.54 Å². The monoisotopic (exact) mass is 356 g/mol. The molecule has 0 radical (unpaired) electrons. The lowest BCUT2D eigenvalue weighted by Crippen LogP contribution is -2.35. The van der Waals surface area contributed by atoms with Gasteiger partial charge in [-0.25, -0.2) is 4.39 Å². The molecule has 138 valence electrons. The van der Waals surface area contributed by atoms with Crippen molar-refractivity contribution in [3.63, 3.8) is 0 Å². The number of amides is 1. The number of hydrogen-bond acceptors (Lipinski definition) is 3. The Kier molecular flexibility index (Phi) is 4.21. The first-order valence-corrected chi connectivity index (χ1v) is 9.37. The summed E-state index contributed by atoms with van der Waals surface area (Å²) in [6.07, 6.45) is 2.68. The van der Waals surface area contributed by atoms with E-state index in [2.05, 4.69) is 23.4 Å². The van der Waals surface area contributed by atoms with Crippen molar-refractivity contribution < 1.29 is 9.18 Å². The molecule has 0 N–H and O–H groups in total. The molecule has 0 aliphatic carbocycles. The van der Waals surface area contributed by atoms with E-state index in [9.17, 15) is 9.18 Å². The molecule has 4 rings (SSSR count). The molecule has 6 heteroatoms. The summed E-state index contributed by atoms with van der Waals surface area (Å²) in [7, 11) is 0.